The molecule has 0 bridgehead atoms. The lowest BCUT2D eigenvalue weighted by atomic mass is 10.0. The van der Waals surface area contributed by atoms with E-state index in [4.69, 9.17) is 15.7 Å². The van der Waals surface area contributed by atoms with Crippen LogP contribution in [0.15, 0.2) is 23.8 Å². The van der Waals surface area contributed by atoms with Gasteiger partial charge in [0.25, 0.3) is 0 Å². The largest absolute Gasteiger partial charge is 0.496 e. The molecule has 0 aliphatic rings. The van der Waals surface area contributed by atoms with Crippen LogP contribution in [0.5, 0.6) is 5.75 Å². The number of nitrogens with two attached hydrogens (primary N) is 1. The monoisotopic (exact) mass is 246 g/mol. The Labute approximate surface area is 105 Å². The minimum absolute atomic E-state index is 0.0815. The molecule has 5 heteroatoms. The number of hydrogen-bond acceptors (Lipinski definition) is 5. The third kappa shape index (κ3) is 3.17. The van der Waals surface area contributed by atoms with Crippen LogP contribution in [-0.2, 0) is 4.79 Å². The minimum atomic E-state index is -1.34. The summed E-state index contributed by atoms with van der Waals surface area (Å²) in [6.07, 6.45) is 0.107. The molecule has 0 amide bonds. The van der Waals surface area contributed by atoms with Crippen molar-refractivity contribution in [3.05, 3.63) is 34.9 Å². The summed E-state index contributed by atoms with van der Waals surface area (Å²) in [7, 11) is 1.46. The molecule has 0 radical (unpaired) electrons. The Morgan fingerprint density at radius 2 is 2.28 bits per heavy atom. The highest BCUT2D eigenvalue weighted by Crippen LogP contribution is 2.23. The molecule has 1 unspecified atom stereocenters. The molecule has 0 aromatic heterocycles. The molecule has 1 rings (SSSR count). The third-order valence-corrected chi connectivity index (χ3v) is 2.40. The summed E-state index contributed by atoms with van der Waals surface area (Å²) in [6.45, 7) is 1.32. The van der Waals surface area contributed by atoms with E-state index in [2.05, 4.69) is 0 Å². The smallest absolute Gasteiger partial charge is 0.159 e. The number of nitriles is 1. The van der Waals surface area contributed by atoms with Crippen molar-refractivity contribution in [3.63, 3.8) is 0 Å². The van der Waals surface area contributed by atoms with Crippen LogP contribution in [0.2, 0.25) is 0 Å². The molecule has 0 fully saturated rings. The van der Waals surface area contributed by atoms with Crippen molar-refractivity contribution in [2.75, 3.05) is 7.11 Å². The number of Topliss-reactive ketones (excluding diaryl/α,β-unsaturated/α-hetero) is 1. The highest BCUT2D eigenvalue weighted by molar-refractivity contribution is 5.98. The van der Waals surface area contributed by atoms with Gasteiger partial charge in [-0.3, -0.25) is 4.79 Å². The Morgan fingerprint density at radius 3 is 2.72 bits per heavy atom. The van der Waals surface area contributed by atoms with Gasteiger partial charge in [-0.2, -0.15) is 5.26 Å². The molecule has 94 valence electrons. The maximum Gasteiger partial charge on any atom is 0.159 e. The first-order valence-electron chi connectivity index (χ1n) is 5.24. The Bertz CT molecular complexity index is 528. The molecule has 0 saturated heterocycles. The second-order valence-electron chi connectivity index (χ2n) is 3.67. The van der Waals surface area contributed by atoms with Crippen LogP contribution < -0.4 is 10.5 Å². The van der Waals surface area contributed by atoms with Crippen LogP contribution in [-0.4, -0.2) is 24.2 Å². The number of ether oxygens (including phenoxy) is 1. The Kier molecular flexibility index (Phi) is 4.60. The number of nitrogens with zero attached hydrogens (tertiary/aromatic N) is 1. The standard InChI is InChI=1S/C13H14N2O3/c1-8(16)11(13(15)17)6-10-4-3-9(7-14)5-12(10)18-2/h3-6,13,17H,15H2,1-2H3/b11-6-. The van der Waals surface area contributed by atoms with E-state index < -0.39 is 6.23 Å². The van der Waals surface area contributed by atoms with Crippen LogP contribution in [0.4, 0.5) is 0 Å². The molecule has 5 nitrogen and oxygen atoms in total. The first-order valence-corrected chi connectivity index (χ1v) is 5.24. The predicted octanol–water partition coefficient (Wildman–Crippen LogP) is 0.816. The summed E-state index contributed by atoms with van der Waals surface area (Å²) >= 11 is 0. The number of ketones is 1. The third-order valence-electron chi connectivity index (χ3n) is 2.40. The molecule has 1 aromatic rings. The zero-order chi connectivity index (χ0) is 13.7. The summed E-state index contributed by atoms with van der Waals surface area (Å²) in [5, 5.41) is 18.1. The van der Waals surface area contributed by atoms with Gasteiger partial charge in [-0.15, -0.1) is 0 Å². The zero-order valence-corrected chi connectivity index (χ0v) is 10.2. The van der Waals surface area contributed by atoms with Crippen molar-refractivity contribution in [1.29, 1.82) is 5.26 Å². The van der Waals surface area contributed by atoms with Crippen molar-refractivity contribution < 1.29 is 14.6 Å². The van der Waals surface area contributed by atoms with Crippen molar-refractivity contribution in [2.45, 2.75) is 13.2 Å². The lowest BCUT2D eigenvalue weighted by Crippen LogP contribution is -2.25. The quantitative estimate of drug-likeness (QED) is 0.605. The number of benzene rings is 1. The molecule has 0 aliphatic heterocycles. The van der Waals surface area contributed by atoms with E-state index in [1.807, 2.05) is 6.07 Å². The minimum Gasteiger partial charge on any atom is -0.496 e. The molecule has 0 spiro atoms. The van der Waals surface area contributed by atoms with Gasteiger partial charge in [-0.25, -0.2) is 0 Å². The molecule has 3 N–H and O–H groups in total. The average molecular weight is 246 g/mol. The molecule has 0 aliphatic carbocycles. The second kappa shape index (κ2) is 5.96. The van der Waals surface area contributed by atoms with E-state index >= 15 is 0 Å². The van der Waals surface area contributed by atoms with Gasteiger partial charge in [0, 0.05) is 11.1 Å². The van der Waals surface area contributed by atoms with Crippen molar-refractivity contribution in [1.82, 2.24) is 0 Å². The summed E-state index contributed by atoms with van der Waals surface area (Å²) in [5.41, 5.74) is 6.41. The van der Waals surface area contributed by atoms with Crippen LogP contribution in [0.3, 0.4) is 0 Å². The SMILES string of the molecule is COc1cc(C#N)ccc1/C=C(/C(C)=O)C(N)O. The van der Waals surface area contributed by atoms with Crippen molar-refractivity contribution >= 4 is 11.9 Å². The van der Waals surface area contributed by atoms with Gasteiger partial charge in [0.05, 0.1) is 18.7 Å². The fourth-order valence-electron chi connectivity index (χ4n) is 1.46. The van der Waals surface area contributed by atoms with Gasteiger partial charge < -0.3 is 15.6 Å². The topological polar surface area (TPSA) is 96.3 Å². The lowest BCUT2D eigenvalue weighted by Gasteiger charge is -2.09. The molecule has 1 atom stereocenters. The van der Waals surface area contributed by atoms with Gasteiger partial charge in [0.15, 0.2) is 5.78 Å². The highest BCUT2D eigenvalue weighted by atomic mass is 16.5. The first kappa shape index (κ1) is 13.9. The van der Waals surface area contributed by atoms with Crippen molar-refractivity contribution in [3.8, 4) is 11.8 Å². The molecule has 0 saturated carbocycles. The molecule has 18 heavy (non-hydrogen) atoms. The second-order valence-corrected chi connectivity index (χ2v) is 3.67. The van der Waals surface area contributed by atoms with Gasteiger partial charge in [-0.1, -0.05) is 0 Å². The fraction of sp³-hybridized carbons (Fsp3) is 0.231. The highest BCUT2D eigenvalue weighted by Gasteiger charge is 2.12. The first-order chi connectivity index (χ1) is 8.49. The van der Waals surface area contributed by atoms with Crippen LogP contribution in [0.1, 0.15) is 18.1 Å². The predicted molar refractivity (Wildman–Crippen MR) is 66.6 cm³/mol. The van der Waals surface area contributed by atoms with Gasteiger partial charge in [-0.05, 0) is 31.2 Å². The molecular formula is C13H14N2O3. The molecule has 0 heterocycles. The number of aliphatic hydroxyl groups is 1. The van der Waals surface area contributed by atoms with E-state index in [0.29, 0.717) is 16.9 Å². The van der Waals surface area contributed by atoms with Gasteiger partial charge >= 0.3 is 0 Å². The maximum absolute atomic E-state index is 11.3. The average Bonchev–Trinajstić information content (AvgIpc) is 2.34. The van der Waals surface area contributed by atoms with E-state index in [1.165, 1.54) is 20.1 Å². The summed E-state index contributed by atoms with van der Waals surface area (Å²) in [4.78, 5) is 11.3. The van der Waals surface area contributed by atoms with Crippen molar-refractivity contribution in [2.24, 2.45) is 5.73 Å². The Hall–Kier alpha value is -2.16. The van der Waals surface area contributed by atoms with Gasteiger partial charge in [0.2, 0.25) is 0 Å². The maximum atomic E-state index is 11.3. The number of aliphatic hydroxyl groups excluding tert-OH is 1. The number of hydrogen-bond donors (Lipinski definition) is 2. The zero-order valence-electron chi connectivity index (χ0n) is 10.2. The van der Waals surface area contributed by atoms with Crippen LogP contribution in [0.25, 0.3) is 6.08 Å². The van der Waals surface area contributed by atoms with E-state index in [0.717, 1.165) is 0 Å². The number of rotatable bonds is 4. The van der Waals surface area contributed by atoms with Gasteiger partial charge in [0.1, 0.15) is 12.0 Å². The Morgan fingerprint density at radius 1 is 1.61 bits per heavy atom. The number of carbonyl (C=O) groups is 1. The van der Waals surface area contributed by atoms with E-state index in [1.54, 1.807) is 18.2 Å². The van der Waals surface area contributed by atoms with E-state index in [-0.39, 0.29) is 11.4 Å². The summed E-state index contributed by atoms with van der Waals surface area (Å²) in [6, 6.07) is 6.75. The lowest BCUT2D eigenvalue weighted by molar-refractivity contribution is -0.114. The molecular weight excluding hydrogens is 232 g/mol. The van der Waals surface area contributed by atoms with Crippen LogP contribution >= 0.6 is 0 Å². The fourth-order valence-corrected chi connectivity index (χ4v) is 1.46. The number of carbonyl (C=O) groups excluding carboxylic acids is 1. The van der Waals surface area contributed by atoms with Crippen LogP contribution in [0, 0.1) is 11.3 Å². The Balaban J connectivity index is 3.29. The molecule has 1 aromatic carbocycles. The number of methoxy groups -OCH3 is 1. The summed E-state index contributed by atoms with van der Waals surface area (Å²) in [5.74, 6) is 0.116. The summed E-state index contributed by atoms with van der Waals surface area (Å²) < 4.78 is 5.12. The van der Waals surface area contributed by atoms with E-state index in [9.17, 15) is 9.90 Å². The normalized spacial score (nSPS) is 12.7.